The molecular weight excluding hydrogens is 408 g/mol. The van der Waals surface area contributed by atoms with E-state index in [1.165, 1.54) is 11.3 Å². The van der Waals surface area contributed by atoms with Gasteiger partial charge in [0.2, 0.25) is 0 Å². The molecule has 5 rings (SSSR count). The number of fused-ring (bicyclic) bond motifs is 1. The fourth-order valence-corrected chi connectivity index (χ4v) is 4.67. The maximum Gasteiger partial charge on any atom is 0.261 e. The molecule has 1 fully saturated rings. The number of para-hydroxylation sites is 2. The van der Waals surface area contributed by atoms with Gasteiger partial charge < -0.3 is 15.2 Å². The lowest BCUT2D eigenvalue weighted by molar-refractivity contribution is 0.0730. The zero-order valence-electron chi connectivity index (χ0n) is 16.9. The van der Waals surface area contributed by atoms with Gasteiger partial charge in [-0.15, -0.1) is 11.3 Å². The first-order valence-corrected chi connectivity index (χ1v) is 11.2. The van der Waals surface area contributed by atoms with Gasteiger partial charge in [0.25, 0.3) is 11.8 Å². The van der Waals surface area contributed by atoms with E-state index < -0.39 is 0 Å². The Morgan fingerprint density at radius 3 is 2.71 bits per heavy atom. The Bertz CT molecular complexity index is 1180. The lowest BCUT2D eigenvalue weighted by Crippen LogP contribution is -2.31. The van der Waals surface area contributed by atoms with E-state index >= 15 is 0 Å². The van der Waals surface area contributed by atoms with E-state index in [0.717, 1.165) is 41.8 Å². The second kappa shape index (κ2) is 8.35. The van der Waals surface area contributed by atoms with Crippen LogP contribution >= 0.6 is 11.3 Å². The minimum absolute atomic E-state index is 0.0112. The van der Waals surface area contributed by atoms with E-state index in [1.54, 1.807) is 6.07 Å². The van der Waals surface area contributed by atoms with Crippen molar-refractivity contribution in [3.05, 3.63) is 87.9 Å². The van der Waals surface area contributed by atoms with Crippen molar-refractivity contribution < 1.29 is 9.59 Å². The first kappa shape index (κ1) is 19.5. The number of carbonyl (C=O) groups excluding carboxylic acids is 2. The molecule has 0 aliphatic carbocycles. The van der Waals surface area contributed by atoms with Crippen LogP contribution in [0.1, 0.15) is 50.3 Å². The highest BCUT2D eigenvalue weighted by atomic mass is 32.1. The third kappa shape index (κ3) is 3.96. The largest absolute Gasteiger partial charge is 0.347 e. The van der Waals surface area contributed by atoms with Crippen molar-refractivity contribution in [2.45, 2.75) is 25.4 Å². The molecule has 1 atom stereocenters. The Hall–Kier alpha value is -3.45. The molecule has 0 radical (unpaired) electrons. The molecule has 7 heteroatoms. The summed E-state index contributed by atoms with van der Waals surface area (Å²) in [6.45, 7) is 1.15. The van der Waals surface area contributed by atoms with Crippen molar-refractivity contribution in [1.82, 2.24) is 20.2 Å². The lowest BCUT2D eigenvalue weighted by Gasteiger charge is -2.23. The van der Waals surface area contributed by atoms with Crippen LogP contribution in [-0.4, -0.2) is 33.2 Å². The van der Waals surface area contributed by atoms with Crippen LogP contribution in [0.3, 0.4) is 0 Å². The lowest BCUT2D eigenvalue weighted by atomic mass is 10.1. The highest BCUT2D eigenvalue weighted by Gasteiger charge is 2.32. The minimum atomic E-state index is -0.0825. The molecule has 1 aliphatic heterocycles. The number of H-pyrrole nitrogens is 1. The summed E-state index contributed by atoms with van der Waals surface area (Å²) in [5, 5.41) is 4.79. The number of likely N-dealkylation sites (tertiary alicyclic amines) is 1. The standard InChI is InChI=1S/C24H22N4O2S/c29-23(21-8-4-14-31-21)25-15-16-9-11-17(12-10-16)24(30)28-13-3-7-20(28)22-26-18-5-1-2-6-19(18)27-22/h1-2,4-6,8-12,14,20H,3,7,13,15H2,(H,25,29)(H,26,27). The second-order valence-corrected chi connectivity index (χ2v) is 8.60. The molecule has 0 bridgehead atoms. The number of rotatable bonds is 5. The predicted octanol–water partition coefficient (Wildman–Crippen LogP) is 4.53. The Kier molecular flexibility index (Phi) is 5.26. The molecule has 3 heterocycles. The van der Waals surface area contributed by atoms with E-state index in [0.29, 0.717) is 17.0 Å². The van der Waals surface area contributed by atoms with Gasteiger partial charge in [0.15, 0.2) is 0 Å². The number of amides is 2. The van der Waals surface area contributed by atoms with Crippen molar-refractivity contribution in [1.29, 1.82) is 0 Å². The monoisotopic (exact) mass is 430 g/mol. The van der Waals surface area contributed by atoms with Gasteiger partial charge in [0, 0.05) is 18.7 Å². The number of nitrogens with one attached hydrogen (secondary N) is 2. The molecule has 2 aromatic carbocycles. The molecule has 156 valence electrons. The fraction of sp³-hybridized carbons (Fsp3) is 0.208. The average Bonchev–Trinajstić information content (AvgIpc) is 3.56. The summed E-state index contributed by atoms with van der Waals surface area (Å²) >= 11 is 1.42. The second-order valence-electron chi connectivity index (χ2n) is 7.65. The molecule has 1 aliphatic rings. The summed E-state index contributed by atoms with van der Waals surface area (Å²) in [6, 6.07) is 19.0. The number of aromatic nitrogens is 2. The van der Waals surface area contributed by atoms with Crippen LogP contribution in [0.15, 0.2) is 66.0 Å². The zero-order chi connectivity index (χ0) is 21.2. The average molecular weight is 431 g/mol. The number of nitrogens with zero attached hydrogens (tertiary/aromatic N) is 2. The summed E-state index contributed by atoms with van der Waals surface area (Å²) in [5.74, 6) is 0.776. The third-order valence-corrected chi connectivity index (χ3v) is 6.50. The predicted molar refractivity (Wildman–Crippen MR) is 121 cm³/mol. The fourth-order valence-electron chi connectivity index (χ4n) is 4.03. The van der Waals surface area contributed by atoms with Crippen LogP contribution in [0.4, 0.5) is 0 Å². The molecule has 31 heavy (non-hydrogen) atoms. The summed E-state index contributed by atoms with van der Waals surface area (Å²) in [5.41, 5.74) is 3.52. The normalized spacial score (nSPS) is 16.0. The van der Waals surface area contributed by atoms with Crippen molar-refractivity contribution >= 4 is 34.2 Å². The molecule has 1 saturated heterocycles. The van der Waals surface area contributed by atoms with E-state index in [2.05, 4.69) is 10.3 Å². The van der Waals surface area contributed by atoms with Gasteiger partial charge >= 0.3 is 0 Å². The zero-order valence-corrected chi connectivity index (χ0v) is 17.7. The van der Waals surface area contributed by atoms with Crippen LogP contribution in [0.5, 0.6) is 0 Å². The van der Waals surface area contributed by atoms with Crippen LogP contribution in [0.25, 0.3) is 11.0 Å². The maximum absolute atomic E-state index is 13.2. The van der Waals surface area contributed by atoms with Crippen molar-refractivity contribution in [3.63, 3.8) is 0 Å². The van der Waals surface area contributed by atoms with Crippen LogP contribution in [-0.2, 0) is 6.54 Å². The van der Waals surface area contributed by atoms with Crippen LogP contribution < -0.4 is 5.32 Å². The molecule has 0 spiro atoms. The van der Waals surface area contributed by atoms with E-state index in [9.17, 15) is 9.59 Å². The van der Waals surface area contributed by atoms with Crippen molar-refractivity contribution in [2.75, 3.05) is 6.54 Å². The van der Waals surface area contributed by atoms with Crippen molar-refractivity contribution in [3.8, 4) is 0 Å². The van der Waals surface area contributed by atoms with E-state index in [1.807, 2.05) is 64.9 Å². The van der Waals surface area contributed by atoms with Crippen LogP contribution in [0.2, 0.25) is 0 Å². The Morgan fingerprint density at radius 2 is 1.94 bits per heavy atom. The van der Waals surface area contributed by atoms with Gasteiger partial charge in [-0.1, -0.05) is 30.3 Å². The molecule has 4 aromatic rings. The molecule has 0 saturated carbocycles. The number of carbonyl (C=O) groups is 2. The molecule has 2 aromatic heterocycles. The van der Waals surface area contributed by atoms with Gasteiger partial charge in [0.1, 0.15) is 5.82 Å². The quantitative estimate of drug-likeness (QED) is 0.488. The van der Waals surface area contributed by atoms with E-state index in [-0.39, 0.29) is 17.9 Å². The van der Waals surface area contributed by atoms with Crippen LogP contribution in [0, 0.1) is 0 Å². The van der Waals surface area contributed by atoms with Gasteiger partial charge in [-0.25, -0.2) is 4.98 Å². The molecular formula is C24H22N4O2S. The summed E-state index contributed by atoms with van der Waals surface area (Å²) < 4.78 is 0. The van der Waals surface area contributed by atoms with E-state index in [4.69, 9.17) is 4.98 Å². The number of thiophene rings is 1. The highest BCUT2D eigenvalue weighted by molar-refractivity contribution is 7.12. The Balaban J connectivity index is 1.27. The number of aromatic amines is 1. The topological polar surface area (TPSA) is 78.1 Å². The number of benzene rings is 2. The molecule has 2 amide bonds. The van der Waals surface area contributed by atoms with Crippen molar-refractivity contribution in [2.24, 2.45) is 0 Å². The minimum Gasteiger partial charge on any atom is -0.347 e. The number of hydrogen-bond donors (Lipinski definition) is 2. The highest BCUT2D eigenvalue weighted by Crippen LogP contribution is 2.32. The summed E-state index contributed by atoms with van der Waals surface area (Å²) in [7, 11) is 0. The number of imidazole rings is 1. The summed E-state index contributed by atoms with van der Waals surface area (Å²) in [6.07, 6.45) is 1.86. The summed E-state index contributed by atoms with van der Waals surface area (Å²) in [4.78, 5) is 36.0. The SMILES string of the molecule is O=C(NCc1ccc(C(=O)N2CCCC2c2nc3ccccc3[nH]2)cc1)c1cccs1. The molecule has 2 N–H and O–H groups in total. The molecule has 6 nitrogen and oxygen atoms in total. The molecule has 1 unspecified atom stereocenters. The first-order valence-electron chi connectivity index (χ1n) is 10.4. The smallest absolute Gasteiger partial charge is 0.261 e. The maximum atomic E-state index is 13.2. The Labute approximate surface area is 183 Å². The Morgan fingerprint density at radius 1 is 1.10 bits per heavy atom. The van der Waals surface area contributed by atoms with Gasteiger partial charge in [-0.3, -0.25) is 9.59 Å². The van der Waals surface area contributed by atoms with Gasteiger partial charge in [0.05, 0.1) is 22.0 Å². The van der Waals surface area contributed by atoms with Gasteiger partial charge in [-0.05, 0) is 54.1 Å². The third-order valence-electron chi connectivity index (χ3n) is 5.64. The van der Waals surface area contributed by atoms with Gasteiger partial charge in [-0.2, -0.15) is 0 Å². The number of hydrogen-bond acceptors (Lipinski definition) is 4. The first-order chi connectivity index (χ1) is 15.2.